The molecule has 0 unspecified atom stereocenters. The van der Waals surface area contributed by atoms with Crippen molar-refractivity contribution >= 4 is 29.3 Å². The van der Waals surface area contributed by atoms with Crippen LogP contribution in [0.15, 0.2) is 12.1 Å². The third-order valence-electron chi connectivity index (χ3n) is 3.66. The first-order valence-electron chi connectivity index (χ1n) is 6.54. The van der Waals surface area contributed by atoms with Crippen molar-refractivity contribution in [3.05, 3.63) is 17.3 Å². The number of carbonyl (C=O) groups is 2. The van der Waals surface area contributed by atoms with Gasteiger partial charge in [-0.25, -0.2) is 0 Å². The van der Waals surface area contributed by atoms with Gasteiger partial charge in [0.2, 0.25) is 5.91 Å². The van der Waals surface area contributed by atoms with Gasteiger partial charge in [-0.1, -0.05) is 30.9 Å². The fourth-order valence-electron chi connectivity index (χ4n) is 2.57. The van der Waals surface area contributed by atoms with E-state index in [0.717, 1.165) is 19.3 Å². The Hall–Kier alpha value is -1.69. The third kappa shape index (κ3) is 3.45. The van der Waals surface area contributed by atoms with Crippen molar-refractivity contribution in [3.63, 3.8) is 0 Å². The molecule has 1 aliphatic rings. The van der Waals surface area contributed by atoms with Gasteiger partial charge in [0, 0.05) is 6.42 Å². The first kappa shape index (κ1) is 14.7. The van der Waals surface area contributed by atoms with Crippen molar-refractivity contribution in [2.24, 2.45) is 5.41 Å². The molecule has 0 atom stereocenters. The second-order valence-corrected chi connectivity index (χ2v) is 5.50. The number of hydrogen-bond acceptors (Lipinski definition) is 4. The Morgan fingerprint density at radius 3 is 2.50 bits per heavy atom. The zero-order valence-corrected chi connectivity index (χ0v) is 11.7. The van der Waals surface area contributed by atoms with Crippen LogP contribution in [0.1, 0.15) is 38.5 Å². The normalized spacial score (nSPS) is 17.4. The van der Waals surface area contributed by atoms with Crippen LogP contribution in [0.4, 0.5) is 5.82 Å². The van der Waals surface area contributed by atoms with Crippen LogP contribution in [0.25, 0.3) is 0 Å². The highest BCUT2D eigenvalue weighted by Crippen LogP contribution is 2.39. The summed E-state index contributed by atoms with van der Waals surface area (Å²) in [5.41, 5.74) is -0.942. The Labute approximate surface area is 121 Å². The Morgan fingerprint density at radius 2 is 1.95 bits per heavy atom. The Bertz CT molecular complexity index is 498. The van der Waals surface area contributed by atoms with Gasteiger partial charge in [0.25, 0.3) is 0 Å². The molecular formula is C13H16ClN3O3. The predicted molar refractivity (Wildman–Crippen MR) is 73.4 cm³/mol. The van der Waals surface area contributed by atoms with E-state index in [2.05, 4.69) is 15.5 Å². The number of amides is 1. The van der Waals surface area contributed by atoms with Crippen LogP contribution >= 0.6 is 11.6 Å². The average molecular weight is 298 g/mol. The van der Waals surface area contributed by atoms with Crippen LogP contribution in [0, 0.1) is 5.41 Å². The lowest BCUT2D eigenvalue weighted by atomic mass is 9.71. The van der Waals surface area contributed by atoms with Gasteiger partial charge < -0.3 is 10.4 Å². The molecule has 6 nitrogen and oxygen atoms in total. The summed E-state index contributed by atoms with van der Waals surface area (Å²) in [6.07, 6.45) is 3.77. The van der Waals surface area contributed by atoms with Crippen LogP contribution < -0.4 is 5.32 Å². The monoisotopic (exact) mass is 297 g/mol. The SMILES string of the molecule is O=C(CC1(C(=O)O)CCCCC1)Nc1ccc(Cl)nn1. The van der Waals surface area contributed by atoms with E-state index in [1.165, 1.54) is 12.1 Å². The summed E-state index contributed by atoms with van der Waals surface area (Å²) in [5, 5.41) is 19.5. The summed E-state index contributed by atoms with van der Waals surface area (Å²) in [6, 6.07) is 3.04. The van der Waals surface area contributed by atoms with Gasteiger partial charge in [-0.15, -0.1) is 10.2 Å². The molecule has 0 aromatic carbocycles. The smallest absolute Gasteiger partial charge is 0.310 e. The van der Waals surface area contributed by atoms with Crippen molar-refractivity contribution in [2.75, 3.05) is 5.32 Å². The van der Waals surface area contributed by atoms with E-state index in [9.17, 15) is 14.7 Å². The lowest BCUT2D eigenvalue weighted by molar-refractivity contribution is -0.153. The van der Waals surface area contributed by atoms with Gasteiger partial charge in [0.05, 0.1) is 5.41 Å². The molecule has 0 aliphatic heterocycles. The topological polar surface area (TPSA) is 92.2 Å². The van der Waals surface area contributed by atoms with Crippen molar-refractivity contribution < 1.29 is 14.7 Å². The molecular weight excluding hydrogens is 282 g/mol. The molecule has 108 valence electrons. The quantitative estimate of drug-likeness (QED) is 0.890. The Balaban J connectivity index is 2.01. The molecule has 20 heavy (non-hydrogen) atoms. The first-order chi connectivity index (χ1) is 9.52. The third-order valence-corrected chi connectivity index (χ3v) is 3.86. The molecule has 1 amide bonds. The number of aliphatic carboxylic acids is 1. The van der Waals surface area contributed by atoms with E-state index in [1.54, 1.807) is 0 Å². The van der Waals surface area contributed by atoms with Crippen LogP contribution in [0.3, 0.4) is 0 Å². The highest BCUT2D eigenvalue weighted by atomic mass is 35.5. The lowest BCUT2D eigenvalue weighted by Crippen LogP contribution is -2.37. The molecule has 1 aromatic rings. The summed E-state index contributed by atoms with van der Waals surface area (Å²) in [5.74, 6) is -0.976. The number of rotatable bonds is 4. The highest BCUT2D eigenvalue weighted by Gasteiger charge is 2.41. The minimum Gasteiger partial charge on any atom is -0.481 e. The molecule has 0 spiro atoms. The second kappa shape index (κ2) is 6.17. The van der Waals surface area contributed by atoms with Crippen molar-refractivity contribution in [1.29, 1.82) is 0 Å². The second-order valence-electron chi connectivity index (χ2n) is 5.11. The standard InChI is InChI=1S/C13H16ClN3O3/c14-9-4-5-10(17-16-9)15-11(18)8-13(12(19)20)6-2-1-3-7-13/h4-5H,1-3,6-8H2,(H,19,20)(H,15,17,18). The zero-order chi connectivity index (χ0) is 14.6. The van der Waals surface area contributed by atoms with Crippen LogP contribution in [0.5, 0.6) is 0 Å². The minimum atomic E-state index is -0.942. The summed E-state index contributed by atoms with van der Waals surface area (Å²) < 4.78 is 0. The van der Waals surface area contributed by atoms with Gasteiger partial charge in [0.1, 0.15) is 0 Å². The van der Waals surface area contributed by atoms with E-state index in [4.69, 9.17) is 11.6 Å². The van der Waals surface area contributed by atoms with Crippen molar-refractivity contribution in [1.82, 2.24) is 10.2 Å². The number of hydrogen-bond donors (Lipinski definition) is 2. The minimum absolute atomic E-state index is 0.0351. The van der Waals surface area contributed by atoms with Gasteiger partial charge >= 0.3 is 5.97 Å². The number of anilines is 1. The molecule has 0 radical (unpaired) electrons. The maximum atomic E-state index is 12.0. The van der Waals surface area contributed by atoms with E-state index in [-0.39, 0.29) is 23.3 Å². The van der Waals surface area contributed by atoms with Gasteiger partial charge in [-0.2, -0.15) is 0 Å². The van der Waals surface area contributed by atoms with E-state index < -0.39 is 11.4 Å². The molecule has 0 bridgehead atoms. The molecule has 1 fully saturated rings. The molecule has 0 saturated heterocycles. The number of nitrogens with zero attached hydrogens (tertiary/aromatic N) is 2. The molecule has 1 aromatic heterocycles. The van der Waals surface area contributed by atoms with Crippen LogP contribution in [-0.2, 0) is 9.59 Å². The summed E-state index contributed by atoms with van der Waals surface area (Å²) in [4.78, 5) is 23.5. The van der Waals surface area contributed by atoms with Gasteiger partial charge in [0.15, 0.2) is 11.0 Å². The fraction of sp³-hybridized carbons (Fsp3) is 0.538. The zero-order valence-electron chi connectivity index (χ0n) is 10.9. The fourth-order valence-corrected chi connectivity index (χ4v) is 2.67. The molecule has 2 N–H and O–H groups in total. The van der Waals surface area contributed by atoms with Crippen molar-refractivity contribution in [2.45, 2.75) is 38.5 Å². The maximum Gasteiger partial charge on any atom is 0.310 e. The van der Waals surface area contributed by atoms with Crippen LogP contribution in [-0.4, -0.2) is 27.2 Å². The maximum absolute atomic E-state index is 12.0. The predicted octanol–water partition coefficient (Wildman–Crippen LogP) is 2.49. The average Bonchev–Trinajstić information content (AvgIpc) is 2.42. The molecule has 2 rings (SSSR count). The number of carboxylic acid groups (broad SMARTS) is 1. The van der Waals surface area contributed by atoms with E-state index in [0.29, 0.717) is 12.8 Å². The number of carbonyl (C=O) groups excluding carboxylic acids is 1. The Morgan fingerprint density at radius 1 is 1.25 bits per heavy atom. The number of carboxylic acids is 1. The number of aromatic nitrogens is 2. The molecule has 1 saturated carbocycles. The van der Waals surface area contributed by atoms with Gasteiger partial charge in [-0.05, 0) is 25.0 Å². The van der Waals surface area contributed by atoms with Gasteiger partial charge in [-0.3, -0.25) is 9.59 Å². The summed E-state index contributed by atoms with van der Waals surface area (Å²) in [6.45, 7) is 0. The molecule has 1 heterocycles. The number of halogens is 1. The summed E-state index contributed by atoms with van der Waals surface area (Å²) in [7, 11) is 0. The lowest BCUT2D eigenvalue weighted by Gasteiger charge is -2.32. The van der Waals surface area contributed by atoms with E-state index in [1.807, 2.05) is 0 Å². The van der Waals surface area contributed by atoms with E-state index >= 15 is 0 Å². The van der Waals surface area contributed by atoms with Crippen molar-refractivity contribution in [3.8, 4) is 0 Å². The molecule has 7 heteroatoms. The molecule has 1 aliphatic carbocycles. The largest absolute Gasteiger partial charge is 0.481 e. The van der Waals surface area contributed by atoms with Crippen LogP contribution in [0.2, 0.25) is 5.15 Å². The Kier molecular flexibility index (Phi) is 4.54. The highest BCUT2D eigenvalue weighted by molar-refractivity contribution is 6.29. The first-order valence-corrected chi connectivity index (χ1v) is 6.92. The summed E-state index contributed by atoms with van der Waals surface area (Å²) >= 11 is 5.60. The number of nitrogens with one attached hydrogen (secondary N) is 1.